The molecule has 7 nitrogen and oxygen atoms in total. The van der Waals surface area contributed by atoms with Crippen LogP contribution in [-0.4, -0.2) is 26.6 Å². The van der Waals surface area contributed by atoms with Crippen LogP contribution in [0.4, 0.5) is 32.1 Å². The molecule has 0 spiro atoms. The van der Waals surface area contributed by atoms with Crippen LogP contribution in [-0.2, 0) is 6.54 Å². The average Bonchev–Trinajstić information content (AvgIpc) is 3.25. The van der Waals surface area contributed by atoms with E-state index in [0.717, 1.165) is 26.6 Å². The minimum absolute atomic E-state index is 0.116. The van der Waals surface area contributed by atoms with Gasteiger partial charge in [-0.3, -0.25) is 9.47 Å². The van der Waals surface area contributed by atoms with Crippen LogP contribution in [0.1, 0.15) is 12.1 Å². The fraction of sp³-hybridized carbons (Fsp3) is 0.150. The van der Waals surface area contributed by atoms with E-state index >= 15 is 0 Å². The predicted octanol–water partition coefficient (Wildman–Crippen LogP) is 4.84. The predicted molar refractivity (Wildman–Crippen MR) is 114 cm³/mol. The lowest BCUT2D eigenvalue weighted by atomic mass is 10.1. The number of nitrogens with one attached hydrogen (secondary N) is 1. The summed E-state index contributed by atoms with van der Waals surface area (Å²) >= 11 is 6.22. The van der Waals surface area contributed by atoms with E-state index in [4.69, 9.17) is 17.3 Å². The second kappa shape index (κ2) is 8.11. The molecule has 0 amide bonds. The Kier molecular flexibility index (Phi) is 5.37. The van der Waals surface area contributed by atoms with Crippen molar-refractivity contribution >= 4 is 45.6 Å². The van der Waals surface area contributed by atoms with Gasteiger partial charge < -0.3 is 11.1 Å². The smallest absolute Gasteiger partial charge is 0.321 e. The number of nitrogen functional groups attached to an aromatic ring is 1. The van der Waals surface area contributed by atoms with Gasteiger partial charge in [-0.05, 0) is 29.8 Å². The number of imidazole rings is 1. The van der Waals surface area contributed by atoms with Crippen LogP contribution in [0.3, 0.4) is 0 Å². The highest BCUT2D eigenvalue weighted by molar-refractivity contribution is 6.35. The van der Waals surface area contributed by atoms with Crippen molar-refractivity contribution in [3.63, 3.8) is 0 Å². The highest BCUT2D eigenvalue weighted by Gasteiger charge is 2.16. The molecule has 1 aromatic carbocycles. The average molecular weight is 430 g/mol. The lowest BCUT2D eigenvalue weighted by Crippen LogP contribution is -2.17. The minimum atomic E-state index is -2.67. The zero-order chi connectivity index (χ0) is 21.3. The van der Waals surface area contributed by atoms with Crippen molar-refractivity contribution in [3.8, 4) is 0 Å². The van der Waals surface area contributed by atoms with Gasteiger partial charge in [0.05, 0.1) is 5.02 Å². The lowest BCUT2D eigenvalue weighted by Gasteiger charge is -2.18. The zero-order valence-electron chi connectivity index (χ0n) is 15.9. The number of nitrogens with zero attached hydrogens (tertiary/aromatic N) is 5. The van der Waals surface area contributed by atoms with E-state index in [9.17, 15) is 8.78 Å². The summed E-state index contributed by atoms with van der Waals surface area (Å²) in [4.78, 5) is 13.9. The fourth-order valence-electron chi connectivity index (χ4n) is 3.08. The summed E-state index contributed by atoms with van der Waals surface area (Å²) in [6, 6.07) is 9.31. The Bertz CT molecular complexity index is 1180. The maximum absolute atomic E-state index is 13.1. The van der Waals surface area contributed by atoms with Crippen molar-refractivity contribution in [2.24, 2.45) is 0 Å². The van der Waals surface area contributed by atoms with Gasteiger partial charge in [-0.1, -0.05) is 17.7 Å². The van der Waals surface area contributed by atoms with Crippen LogP contribution in [0.15, 0.2) is 55.1 Å². The Balaban J connectivity index is 1.47. The molecule has 0 radical (unpaired) electrons. The molecule has 10 heteroatoms. The van der Waals surface area contributed by atoms with E-state index in [1.807, 2.05) is 24.3 Å². The molecule has 0 aliphatic carbocycles. The van der Waals surface area contributed by atoms with Crippen molar-refractivity contribution < 1.29 is 8.78 Å². The van der Waals surface area contributed by atoms with Gasteiger partial charge in [-0.2, -0.15) is 8.78 Å². The first-order valence-corrected chi connectivity index (χ1v) is 9.39. The van der Waals surface area contributed by atoms with E-state index in [-0.39, 0.29) is 5.95 Å². The third-order valence-electron chi connectivity index (χ3n) is 4.68. The summed E-state index contributed by atoms with van der Waals surface area (Å²) in [5.74, 6) is 1.05. The lowest BCUT2D eigenvalue weighted by molar-refractivity contribution is 0.0719. The number of hydrogen-bond donors (Lipinski definition) is 2. The molecule has 154 valence electrons. The fourth-order valence-corrected chi connectivity index (χ4v) is 3.29. The van der Waals surface area contributed by atoms with Crippen LogP contribution in [0.25, 0.3) is 10.8 Å². The van der Waals surface area contributed by atoms with Gasteiger partial charge in [0, 0.05) is 54.8 Å². The number of alkyl halides is 2. The molecule has 0 unspecified atom stereocenters. The van der Waals surface area contributed by atoms with Gasteiger partial charge in [0.15, 0.2) is 0 Å². The third kappa shape index (κ3) is 3.84. The monoisotopic (exact) mass is 429 g/mol. The van der Waals surface area contributed by atoms with Gasteiger partial charge in [-0.15, -0.1) is 0 Å². The van der Waals surface area contributed by atoms with Gasteiger partial charge in [-0.25, -0.2) is 15.0 Å². The van der Waals surface area contributed by atoms with Crippen molar-refractivity contribution in [3.05, 3.63) is 65.7 Å². The number of hydrogen-bond acceptors (Lipinski definition) is 6. The molecule has 3 aromatic heterocycles. The normalized spacial score (nSPS) is 11.2. The maximum atomic E-state index is 13.1. The summed E-state index contributed by atoms with van der Waals surface area (Å²) in [6.45, 7) is -2.15. The van der Waals surface area contributed by atoms with Crippen molar-refractivity contribution in [1.82, 2.24) is 19.5 Å². The van der Waals surface area contributed by atoms with E-state index < -0.39 is 6.55 Å². The number of pyridine rings is 2. The summed E-state index contributed by atoms with van der Waals surface area (Å²) in [5, 5.41) is 5.45. The summed E-state index contributed by atoms with van der Waals surface area (Å²) in [6.07, 6.45) is 5.77. The Morgan fingerprint density at radius 2 is 1.97 bits per heavy atom. The van der Waals surface area contributed by atoms with Gasteiger partial charge in [0.25, 0.3) is 0 Å². The number of anilines is 4. The van der Waals surface area contributed by atoms with Crippen molar-refractivity contribution in [2.45, 2.75) is 13.1 Å². The first-order valence-electron chi connectivity index (χ1n) is 9.01. The molecule has 0 aliphatic heterocycles. The first kappa shape index (κ1) is 19.8. The van der Waals surface area contributed by atoms with Gasteiger partial charge >= 0.3 is 6.55 Å². The minimum Gasteiger partial charge on any atom is -0.383 e. The number of aromatic nitrogens is 4. The highest BCUT2D eigenvalue weighted by atomic mass is 35.5. The number of fused-ring (bicyclic) bond motifs is 1. The van der Waals surface area contributed by atoms with Gasteiger partial charge in [0.1, 0.15) is 11.6 Å². The Hall–Kier alpha value is -3.46. The molecule has 0 fully saturated rings. The second-order valence-electron chi connectivity index (χ2n) is 6.60. The van der Waals surface area contributed by atoms with Crippen LogP contribution >= 0.6 is 11.6 Å². The van der Waals surface area contributed by atoms with E-state index in [2.05, 4.69) is 20.3 Å². The van der Waals surface area contributed by atoms with Crippen LogP contribution in [0.5, 0.6) is 0 Å². The number of benzene rings is 1. The van der Waals surface area contributed by atoms with Crippen LogP contribution in [0.2, 0.25) is 5.02 Å². The molecular formula is C20H18ClF2N7. The van der Waals surface area contributed by atoms with Crippen LogP contribution in [0, 0.1) is 0 Å². The van der Waals surface area contributed by atoms with E-state index in [1.54, 1.807) is 19.3 Å². The highest BCUT2D eigenvalue weighted by Crippen LogP contribution is 2.29. The Morgan fingerprint density at radius 1 is 1.13 bits per heavy atom. The molecule has 0 saturated heterocycles. The standard InChI is InChI=1S/C20H18ClF2N7/c1-29(20-25-6-7-30(20)19(22)23)17-5-2-12(10-27-17)9-26-13-3-4-14-15(8-13)16(21)11-28-18(14)24/h2-8,10-11,19,26H,9H2,1H3,(H2,24,28). The molecule has 0 atom stereocenters. The van der Waals surface area contributed by atoms with E-state index in [0.29, 0.717) is 23.2 Å². The van der Waals surface area contributed by atoms with Crippen molar-refractivity contribution in [1.29, 1.82) is 0 Å². The summed E-state index contributed by atoms with van der Waals surface area (Å²) in [7, 11) is 1.64. The largest absolute Gasteiger partial charge is 0.383 e. The maximum Gasteiger partial charge on any atom is 0.321 e. The molecule has 0 aliphatic rings. The zero-order valence-corrected chi connectivity index (χ0v) is 16.7. The molecule has 0 saturated carbocycles. The molecule has 30 heavy (non-hydrogen) atoms. The number of halogens is 3. The van der Waals surface area contributed by atoms with E-state index in [1.165, 1.54) is 23.5 Å². The molecule has 4 rings (SSSR count). The Morgan fingerprint density at radius 3 is 2.70 bits per heavy atom. The summed E-state index contributed by atoms with van der Waals surface area (Å²) in [5.41, 5.74) is 7.68. The molecule has 0 bridgehead atoms. The topological polar surface area (TPSA) is 84.9 Å². The Labute approximate surface area is 176 Å². The molecule has 4 aromatic rings. The number of nitrogens with two attached hydrogens (primary N) is 1. The number of rotatable bonds is 6. The second-order valence-corrected chi connectivity index (χ2v) is 7.01. The van der Waals surface area contributed by atoms with Crippen LogP contribution < -0.4 is 16.0 Å². The SMILES string of the molecule is CN(c1ccc(CNc2ccc3c(N)ncc(Cl)c3c2)cn1)c1nccn1C(F)F. The first-order chi connectivity index (χ1) is 14.4. The summed E-state index contributed by atoms with van der Waals surface area (Å²) < 4.78 is 26.9. The molecular weight excluding hydrogens is 412 g/mol. The third-order valence-corrected chi connectivity index (χ3v) is 4.98. The molecule has 3 N–H and O–H groups in total. The molecule has 3 heterocycles. The quantitative estimate of drug-likeness (QED) is 0.456. The van der Waals surface area contributed by atoms with Gasteiger partial charge in [0.2, 0.25) is 5.95 Å². The van der Waals surface area contributed by atoms with Crippen molar-refractivity contribution in [2.75, 3.05) is 23.0 Å².